The van der Waals surface area contributed by atoms with Crippen LogP contribution in [0.25, 0.3) is 10.3 Å². The highest BCUT2D eigenvalue weighted by Crippen LogP contribution is 2.34. The molecule has 4 rings (SSSR count). The molecule has 0 spiro atoms. The summed E-state index contributed by atoms with van der Waals surface area (Å²) in [5.41, 5.74) is 0.755. The summed E-state index contributed by atoms with van der Waals surface area (Å²) in [5.74, 6) is -0.782. The number of nitrogens with zero attached hydrogens (tertiary/aromatic N) is 4. The molecule has 3 aromatic rings. The van der Waals surface area contributed by atoms with Crippen LogP contribution in [0.2, 0.25) is 5.02 Å². The summed E-state index contributed by atoms with van der Waals surface area (Å²) in [6.07, 6.45) is 6.32. The summed E-state index contributed by atoms with van der Waals surface area (Å²) in [7, 11) is 0. The second-order valence-corrected chi connectivity index (χ2v) is 9.07. The molecule has 0 bridgehead atoms. The first-order chi connectivity index (χ1) is 14.1. The highest BCUT2D eigenvalue weighted by molar-refractivity contribution is 8.00. The van der Waals surface area contributed by atoms with Crippen LogP contribution in [0.1, 0.15) is 25.7 Å². The van der Waals surface area contributed by atoms with Crippen molar-refractivity contribution in [1.82, 2.24) is 15.0 Å². The number of amides is 1. The summed E-state index contributed by atoms with van der Waals surface area (Å²) >= 11 is 8.59. The fraction of sp³-hybridized carbons (Fsp3) is 0.368. The minimum atomic E-state index is -0.565. The molecular formula is C19H19ClFN5OS2. The number of hydrogen-bond donors (Lipinski definition) is 1. The van der Waals surface area contributed by atoms with Gasteiger partial charge in [0.1, 0.15) is 21.9 Å². The van der Waals surface area contributed by atoms with Gasteiger partial charge in [0.15, 0.2) is 10.8 Å². The monoisotopic (exact) mass is 451 g/mol. The summed E-state index contributed by atoms with van der Waals surface area (Å²) in [5, 5.41) is 4.51. The predicted molar refractivity (Wildman–Crippen MR) is 117 cm³/mol. The molecule has 1 aliphatic heterocycles. The van der Waals surface area contributed by atoms with Gasteiger partial charge in [-0.25, -0.2) is 14.4 Å². The molecule has 0 aliphatic carbocycles. The van der Waals surface area contributed by atoms with E-state index in [2.05, 4.69) is 25.2 Å². The fourth-order valence-electron chi connectivity index (χ4n) is 3.13. The molecule has 1 fully saturated rings. The van der Waals surface area contributed by atoms with Crippen molar-refractivity contribution >= 4 is 61.8 Å². The Morgan fingerprint density at radius 2 is 2.03 bits per heavy atom. The third-order valence-corrected chi connectivity index (χ3v) is 7.03. The van der Waals surface area contributed by atoms with E-state index >= 15 is 0 Å². The minimum Gasteiger partial charge on any atom is -0.348 e. The smallest absolute Gasteiger partial charge is 0.234 e. The molecule has 1 saturated heterocycles. The number of benzene rings is 1. The van der Waals surface area contributed by atoms with E-state index in [1.54, 1.807) is 11.3 Å². The van der Waals surface area contributed by atoms with Gasteiger partial charge in [-0.2, -0.15) is 4.98 Å². The molecule has 0 atom stereocenters. The van der Waals surface area contributed by atoms with Crippen molar-refractivity contribution in [1.29, 1.82) is 0 Å². The lowest BCUT2D eigenvalue weighted by Crippen LogP contribution is -2.23. The number of rotatable bonds is 5. The van der Waals surface area contributed by atoms with Crippen LogP contribution in [0, 0.1) is 5.82 Å². The van der Waals surface area contributed by atoms with Crippen LogP contribution in [0.5, 0.6) is 0 Å². The van der Waals surface area contributed by atoms with E-state index in [9.17, 15) is 9.18 Å². The first-order valence-electron chi connectivity index (χ1n) is 9.34. The Balaban J connectivity index is 1.45. The Morgan fingerprint density at radius 3 is 2.79 bits per heavy atom. The number of anilines is 2. The Kier molecular flexibility index (Phi) is 6.46. The first kappa shape index (κ1) is 20.3. The highest BCUT2D eigenvalue weighted by atomic mass is 35.5. The Hall–Kier alpha value is -1.97. The maximum atomic E-state index is 13.9. The van der Waals surface area contributed by atoms with E-state index in [0.29, 0.717) is 10.7 Å². The predicted octanol–water partition coefficient (Wildman–Crippen LogP) is 4.99. The third-order valence-electron chi connectivity index (χ3n) is 4.57. The molecular weight excluding hydrogens is 433 g/mol. The quantitative estimate of drug-likeness (QED) is 0.435. The van der Waals surface area contributed by atoms with Crippen molar-refractivity contribution < 1.29 is 9.18 Å². The number of fused-ring (bicyclic) bond motifs is 1. The SMILES string of the molecule is O=C(CSc1ncnc2nc(N3CCCCCC3)sc12)Nc1ccc(Cl)cc1F. The van der Waals surface area contributed by atoms with E-state index < -0.39 is 5.82 Å². The van der Waals surface area contributed by atoms with E-state index in [4.69, 9.17) is 11.6 Å². The summed E-state index contributed by atoms with van der Waals surface area (Å²) in [6, 6.07) is 4.14. The van der Waals surface area contributed by atoms with Gasteiger partial charge in [-0.1, -0.05) is 47.5 Å². The van der Waals surface area contributed by atoms with Gasteiger partial charge >= 0.3 is 0 Å². The lowest BCUT2D eigenvalue weighted by molar-refractivity contribution is -0.113. The van der Waals surface area contributed by atoms with Crippen LogP contribution in [0.3, 0.4) is 0 Å². The second-order valence-electron chi connectivity index (χ2n) is 6.69. The topological polar surface area (TPSA) is 71.0 Å². The van der Waals surface area contributed by atoms with Crippen molar-refractivity contribution in [2.24, 2.45) is 0 Å². The number of thiazole rings is 1. The Morgan fingerprint density at radius 1 is 1.24 bits per heavy atom. The lowest BCUT2D eigenvalue weighted by atomic mass is 10.2. The van der Waals surface area contributed by atoms with Gasteiger partial charge in [0.2, 0.25) is 5.91 Å². The average molecular weight is 452 g/mol. The number of halogens is 2. The number of carbonyl (C=O) groups is 1. The summed E-state index contributed by atoms with van der Waals surface area (Å²) in [4.78, 5) is 27.8. The van der Waals surface area contributed by atoms with Gasteiger partial charge in [-0.3, -0.25) is 4.79 Å². The third kappa shape index (κ3) is 4.96. The second kappa shape index (κ2) is 9.23. The average Bonchev–Trinajstić information content (AvgIpc) is 2.96. The molecule has 10 heteroatoms. The molecule has 0 radical (unpaired) electrons. The molecule has 6 nitrogen and oxygen atoms in total. The zero-order valence-electron chi connectivity index (χ0n) is 15.5. The van der Waals surface area contributed by atoms with Crippen LogP contribution in [0.4, 0.5) is 15.2 Å². The molecule has 0 saturated carbocycles. The van der Waals surface area contributed by atoms with Crippen LogP contribution in [-0.2, 0) is 4.79 Å². The summed E-state index contributed by atoms with van der Waals surface area (Å²) < 4.78 is 14.7. The van der Waals surface area contributed by atoms with Gasteiger partial charge in [-0.15, -0.1) is 0 Å². The molecule has 1 aromatic carbocycles. The lowest BCUT2D eigenvalue weighted by Gasteiger charge is -2.18. The van der Waals surface area contributed by atoms with Crippen LogP contribution in [0.15, 0.2) is 29.6 Å². The standard InChI is InChI=1S/C19H19ClFN5OS2/c20-12-5-6-14(13(21)9-12)24-15(27)10-28-18-16-17(22-11-23-18)25-19(29-16)26-7-3-1-2-4-8-26/h5-6,9,11H,1-4,7-8,10H2,(H,24,27). The Bertz CT molecular complexity index is 1020. The fourth-order valence-corrected chi connectivity index (χ4v) is 5.23. The molecule has 1 amide bonds. The normalized spacial score (nSPS) is 14.8. The van der Waals surface area contributed by atoms with Gasteiger partial charge in [0.25, 0.3) is 0 Å². The van der Waals surface area contributed by atoms with E-state index in [1.807, 2.05) is 0 Å². The molecule has 152 valence electrons. The number of hydrogen-bond acceptors (Lipinski definition) is 7. The van der Waals surface area contributed by atoms with Crippen molar-refractivity contribution in [3.05, 3.63) is 35.4 Å². The molecule has 1 N–H and O–H groups in total. The highest BCUT2D eigenvalue weighted by Gasteiger charge is 2.18. The Labute approximate surface area is 180 Å². The molecule has 1 aliphatic rings. The maximum Gasteiger partial charge on any atom is 0.234 e. The van der Waals surface area contributed by atoms with Crippen molar-refractivity contribution in [2.75, 3.05) is 29.1 Å². The van der Waals surface area contributed by atoms with Gasteiger partial charge < -0.3 is 10.2 Å². The molecule has 3 heterocycles. The minimum absolute atomic E-state index is 0.102. The van der Waals surface area contributed by atoms with E-state index in [-0.39, 0.29) is 22.4 Å². The molecule has 29 heavy (non-hydrogen) atoms. The maximum absolute atomic E-state index is 13.9. The van der Waals surface area contributed by atoms with Crippen molar-refractivity contribution in [2.45, 2.75) is 30.7 Å². The number of thioether (sulfide) groups is 1. The van der Waals surface area contributed by atoms with Gasteiger partial charge in [0, 0.05) is 18.1 Å². The van der Waals surface area contributed by atoms with E-state index in [0.717, 1.165) is 22.9 Å². The van der Waals surface area contributed by atoms with Crippen molar-refractivity contribution in [3.8, 4) is 0 Å². The summed E-state index contributed by atoms with van der Waals surface area (Å²) in [6.45, 7) is 2.01. The number of nitrogens with one attached hydrogen (secondary N) is 1. The van der Waals surface area contributed by atoms with Gasteiger partial charge in [0.05, 0.1) is 11.4 Å². The zero-order chi connectivity index (χ0) is 20.2. The number of carbonyl (C=O) groups excluding carboxylic acids is 1. The largest absolute Gasteiger partial charge is 0.348 e. The zero-order valence-corrected chi connectivity index (χ0v) is 17.9. The van der Waals surface area contributed by atoms with Crippen molar-refractivity contribution in [3.63, 3.8) is 0 Å². The number of aromatic nitrogens is 3. The van der Waals surface area contributed by atoms with Crippen LogP contribution < -0.4 is 10.2 Å². The molecule has 0 unspecified atom stereocenters. The van der Waals surface area contributed by atoms with E-state index in [1.165, 1.54) is 62.0 Å². The van der Waals surface area contributed by atoms with Gasteiger partial charge in [-0.05, 0) is 31.0 Å². The first-order valence-corrected chi connectivity index (χ1v) is 11.5. The molecule has 2 aromatic heterocycles. The van der Waals surface area contributed by atoms with Crippen LogP contribution >= 0.6 is 34.7 Å². The van der Waals surface area contributed by atoms with Crippen LogP contribution in [-0.4, -0.2) is 39.7 Å².